The van der Waals surface area contributed by atoms with Crippen LogP contribution in [0.4, 0.5) is 5.69 Å². The van der Waals surface area contributed by atoms with Gasteiger partial charge in [0, 0.05) is 16.0 Å². The maximum absolute atomic E-state index is 4.28. The molecule has 0 radical (unpaired) electrons. The van der Waals surface area contributed by atoms with Crippen LogP contribution in [0.3, 0.4) is 0 Å². The molecule has 0 fully saturated rings. The molecule has 52 heavy (non-hydrogen) atoms. The summed E-state index contributed by atoms with van der Waals surface area (Å²) in [6.45, 7) is 25.4. The third-order valence-electron chi connectivity index (χ3n) is 9.49. The molecule has 0 bridgehead atoms. The quantitative estimate of drug-likeness (QED) is 0.184. The van der Waals surface area contributed by atoms with Crippen molar-refractivity contribution in [3.8, 4) is 11.1 Å². The molecule has 262 valence electrons. The molecule has 2 aliphatic rings. The average Bonchev–Trinajstić information content (AvgIpc) is 3.36. The lowest BCUT2D eigenvalue weighted by atomic mass is 9.80. The van der Waals surface area contributed by atoms with Crippen LogP contribution < -0.4 is 5.32 Å². The number of rotatable bonds is 8. The van der Waals surface area contributed by atoms with Gasteiger partial charge in [-0.3, -0.25) is 0 Å². The molecule has 4 aromatic carbocycles. The molecule has 1 unspecified atom stereocenters. The Morgan fingerprint density at radius 2 is 1.42 bits per heavy atom. The number of nitrogens with one attached hydrogen (secondary N) is 1. The first-order chi connectivity index (χ1) is 25.2. The smallest absolute Gasteiger partial charge is 0.0707 e. The minimum atomic E-state index is -0.211. The Balaban J connectivity index is 0.00000257. The molecule has 0 saturated heterocycles. The van der Waals surface area contributed by atoms with Gasteiger partial charge in [0.05, 0.1) is 6.04 Å². The number of allylic oxidation sites excluding steroid dienone is 12. The van der Waals surface area contributed by atoms with Gasteiger partial charge in [-0.25, -0.2) is 0 Å². The normalized spacial score (nSPS) is 17.6. The van der Waals surface area contributed by atoms with Crippen molar-refractivity contribution >= 4 is 33.5 Å². The molecule has 1 N–H and O–H groups in total. The topological polar surface area (TPSA) is 12.0 Å². The Bertz CT molecular complexity index is 2110. The van der Waals surface area contributed by atoms with Crippen molar-refractivity contribution in [1.82, 2.24) is 0 Å². The Labute approximate surface area is 317 Å². The zero-order valence-electron chi connectivity index (χ0n) is 31.5. The lowest BCUT2D eigenvalue weighted by Gasteiger charge is -2.25. The molecule has 1 nitrogen and oxygen atoms in total. The fraction of sp³-hybridized carbons (Fsp3) is 0.160. The monoisotopic (exact) mass is 697 g/mol. The highest BCUT2D eigenvalue weighted by atomic mass is 32.2. The van der Waals surface area contributed by atoms with E-state index in [4.69, 9.17) is 0 Å². The molecule has 4 aromatic rings. The molecule has 6 rings (SSSR count). The number of fused-ring (bicyclic) bond motifs is 2. The Morgan fingerprint density at radius 1 is 0.769 bits per heavy atom. The van der Waals surface area contributed by atoms with E-state index in [-0.39, 0.29) is 11.5 Å². The first kappa shape index (κ1) is 37.9. The lowest BCUT2D eigenvalue weighted by Crippen LogP contribution is -2.17. The predicted octanol–water partition coefficient (Wildman–Crippen LogP) is 14.7. The second-order valence-corrected chi connectivity index (χ2v) is 14.3. The molecule has 1 aliphatic heterocycles. The van der Waals surface area contributed by atoms with Gasteiger partial charge in [0.1, 0.15) is 0 Å². The SMILES string of the molecule is C=C1/C=C\C=C/SC2=C(/C=C\C1=C)C(C)(C)c1cc(C(/C=C(\C=C/C)c3ccc(C(=C)C)cc3)Nc3ccc(-c4ccccc4)cc3)ccc12.CC. The van der Waals surface area contributed by atoms with Crippen LogP contribution in [0, 0.1) is 0 Å². The van der Waals surface area contributed by atoms with Gasteiger partial charge < -0.3 is 5.32 Å². The predicted molar refractivity (Wildman–Crippen MR) is 233 cm³/mol. The zero-order chi connectivity index (χ0) is 37.3. The van der Waals surface area contributed by atoms with Crippen molar-refractivity contribution in [2.75, 3.05) is 5.32 Å². The fourth-order valence-electron chi connectivity index (χ4n) is 6.52. The van der Waals surface area contributed by atoms with Crippen molar-refractivity contribution < 1.29 is 0 Å². The van der Waals surface area contributed by atoms with E-state index in [9.17, 15) is 0 Å². The van der Waals surface area contributed by atoms with E-state index in [0.717, 1.165) is 39.1 Å². The van der Waals surface area contributed by atoms with E-state index in [2.05, 4.69) is 185 Å². The second-order valence-electron chi connectivity index (χ2n) is 13.4. The van der Waals surface area contributed by atoms with Crippen LogP contribution in [-0.4, -0.2) is 0 Å². The summed E-state index contributed by atoms with van der Waals surface area (Å²) >= 11 is 1.78. The van der Waals surface area contributed by atoms with Crippen molar-refractivity contribution in [3.05, 3.63) is 215 Å². The van der Waals surface area contributed by atoms with Crippen molar-refractivity contribution in [1.29, 1.82) is 0 Å². The molecule has 0 spiro atoms. The van der Waals surface area contributed by atoms with Crippen LogP contribution in [-0.2, 0) is 5.41 Å². The van der Waals surface area contributed by atoms with E-state index < -0.39 is 0 Å². The lowest BCUT2D eigenvalue weighted by molar-refractivity contribution is 0.653. The summed E-state index contributed by atoms with van der Waals surface area (Å²) < 4.78 is 0. The van der Waals surface area contributed by atoms with Gasteiger partial charge in [-0.2, -0.15) is 0 Å². The summed E-state index contributed by atoms with van der Waals surface area (Å²) in [6.07, 6.45) is 17.1. The van der Waals surface area contributed by atoms with Gasteiger partial charge in [0.15, 0.2) is 0 Å². The maximum atomic E-state index is 4.28. The minimum absolute atomic E-state index is 0.0971. The summed E-state index contributed by atoms with van der Waals surface area (Å²) in [5.74, 6) is 0. The van der Waals surface area contributed by atoms with Gasteiger partial charge in [-0.15, -0.1) is 0 Å². The summed E-state index contributed by atoms with van der Waals surface area (Å²) in [4.78, 5) is 1.28. The summed E-state index contributed by atoms with van der Waals surface area (Å²) in [5.41, 5.74) is 14.7. The van der Waals surface area contributed by atoms with Crippen LogP contribution >= 0.6 is 11.8 Å². The van der Waals surface area contributed by atoms with Crippen molar-refractivity contribution in [2.45, 2.75) is 53.0 Å². The van der Waals surface area contributed by atoms with Crippen LogP contribution in [0.15, 0.2) is 188 Å². The molecule has 1 heterocycles. The summed E-state index contributed by atoms with van der Waals surface area (Å²) in [5, 5.41) is 6.06. The van der Waals surface area contributed by atoms with E-state index in [1.807, 2.05) is 32.9 Å². The fourth-order valence-corrected chi connectivity index (χ4v) is 7.58. The highest BCUT2D eigenvalue weighted by Gasteiger charge is 2.37. The van der Waals surface area contributed by atoms with Crippen LogP contribution in [0.2, 0.25) is 0 Å². The number of anilines is 1. The van der Waals surface area contributed by atoms with Crippen LogP contribution in [0.5, 0.6) is 0 Å². The molecule has 0 amide bonds. The third-order valence-corrected chi connectivity index (χ3v) is 10.5. The van der Waals surface area contributed by atoms with E-state index in [1.54, 1.807) is 11.8 Å². The molecule has 1 atom stereocenters. The molecular formula is C50H51NS. The van der Waals surface area contributed by atoms with Gasteiger partial charge in [-0.05, 0) is 92.6 Å². The van der Waals surface area contributed by atoms with Gasteiger partial charge >= 0.3 is 0 Å². The largest absolute Gasteiger partial charge is 0.375 e. The van der Waals surface area contributed by atoms with Gasteiger partial charge in [-0.1, -0.05) is 198 Å². The second kappa shape index (κ2) is 17.3. The number of benzene rings is 4. The summed E-state index contributed by atoms with van der Waals surface area (Å²) in [7, 11) is 0. The Hall–Kier alpha value is -5.31. The zero-order valence-corrected chi connectivity index (χ0v) is 32.4. The van der Waals surface area contributed by atoms with Crippen LogP contribution in [0.25, 0.3) is 27.2 Å². The Kier molecular flexibility index (Phi) is 12.6. The average molecular weight is 698 g/mol. The van der Waals surface area contributed by atoms with Gasteiger partial charge in [0.2, 0.25) is 0 Å². The molecule has 2 heteroatoms. The highest BCUT2D eigenvalue weighted by molar-refractivity contribution is 8.11. The molecular weight excluding hydrogens is 647 g/mol. The number of hydrogen-bond acceptors (Lipinski definition) is 2. The Morgan fingerprint density at radius 3 is 2.10 bits per heavy atom. The molecule has 1 aliphatic carbocycles. The standard InChI is InChI=1S/C48H45NS.C2H6/c1-8-14-40(39-21-19-36(20-22-39)33(2)3)32-46(49-42-26-23-38(24-27-42)37-16-10-9-11-17-37)41-25-28-43-45(31-41)48(6,7)44-29-18-35(5)34(4)15-12-13-30-50-47(43)44;1-2/h8-32,46,49H,2,4-5H2,1,3,6-7H3;1-2H3/b14-8-,15-12-,29-18-,30-13-,40-32+;. The van der Waals surface area contributed by atoms with Crippen LogP contribution in [0.1, 0.15) is 75.4 Å². The van der Waals surface area contributed by atoms with Crippen molar-refractivity contribution in [2.24, 2.45) is 0 Å². The van der Waals surface area contributed by atoms with E-state index in [1.165, 1.54) is 38.3 Å². The van der Waals surface area contributed by atoms with E-state index >= 15 is 0 Å². The molecule has 0 aromatic heterocycles. The van der Waals surface area contributed by atoms with Crippen molar-refractivity contribution in [3.63, 3.8) is 0 Å². The first-order valence-corrected chi connectivity index (χ1v) is 19.0. The minimum Gasteiger partial charge on any atom is -0.375 e. The number of hydrogen-bond donors (Lipinski definition) is 1. The maximum Gasteiger partial charge on any atom is 0.0707 e. The molecule has 0 saturated carbocycles. The highest BCUT2D eigenvalue weighted by Crippen LogP contribution is 2.52. The number of thioether (sulfide) groups is 1. The first-order valence-electron chi connectivity index (χ1n) is 18.1. The van der Waals surface area contributed by atoms with E-state index in [0.29, 0.717) is 0 Å². The third kappa shape index (κ3) is 8.58. The van der Waals surface area contributed by atoms with Gasteiger partial charge in [0.25, 0.3) is 0 Å². The summed E-state index contributed by atoms with van der Waals surface area (Å²) in [6, 6.07) is 34.9.